The summed E-state index contributed by atoms with van der Waals surface area (Å²) in [6.07, 6.45) is 4.27. The second-order valence-electron chi connectivity index (χ2n) is 6.50. The molecule has 1 N–H and O–H groups in total. The number of carbonyl (C=O) groups is 1. The van der Waals surface area contributed by atoms with Crippen LogP contribution in [0.3, 0.4) is 0 Å². The Labute approximate surface area is 169 Å². The molecule has 29 heavy (non-hydrogen) atoms. The molecule has 0 saturated carbocycles. The molecular weight excluding hydrogens is 374 g/mol. The molecule has 2 aromatic rings. The number of rotatable bonds is 6. The van der Waals surface area contributed by atoms with E-state index in [4.69, 9.17) is 19.5 Å². The molecule has 2 heterocycles. The Morgan fingerprint density at radius 1 is 1.28 bits per heavy atom. The molecule has 1 fully saturated rings. The molecule has 1 aromatic carbocycles. The number of nitriles is 1. The van der Waals surface area contributed by atoms with Gasteiger partial charge >= 0.3 is 6.03 Å². The highest BCUT2D eigenvalue weighted by Crippen LogP contribution is 2.27. The third-order valence-corrected chi connectivity index (χ3v) is 4.61. The van der Waals surface area contributed by atoms with Crippen LogP contribution in [-0.4, -0.2) is 54.3 Å². The highest BCUT2D eigenvalue weighted by atomic mass is 16.5. The Morgan fingerprint density at radius 3 is 2.83 bits per heavy atom. The van der Waals surface area contributed by atoms with E-state index >= 15 is 0 Å². The molecule has 0 aliphatic carbocycles. The molecule has 152 valence electrons. The first-order chi connectivity index (χ1) is 14.1. The standard InChI is InChI=1S/C20H23N5O4/c1-27-17-6-5-14(10-18(17)28-2)12-24-20(26)25-9-3-4-15(13-25)29-19-16(11-21)22-7-8-23-19/h5-8,10,15H,3-4,9,12-13H2,1-2H3,(H,24,26)/t15-/m0/s1. The van der Waals surface area contributed by atoms with Crippen LogP contribution in [0.4, 0.5) is 4.79 Å². The average molecular weight is 397 g/mol. The first-order valence-electron chi connectivity index (χ1n) is 9.26. The number of ether oxygens (including phenoxy) is 3. The fourth-order valence-corrected chi connectivity index (χ4v) is 3.14. The van der Waals surface area contributed by atoms with Gasteiger partial charge in [-0.2, -0.15) is 5.26 Å². The lowest BCUT2D eigenvalue weighted by atomic mass is 10.1. The number of methoxy groups -OCH3 is 2. The summed E-state index contributed by atoms with van der Waals surface area (Å²) in [5, 5.41) is 12.0. The van der Waals surface area contributed by atoms with E-state index in [1.54, 1.807) is 25.2 Å². The van der Waals surface area contributed by atoms with Gasteiger partial charge in [0, 0.05) is 25.5 Å². The number of nitrogens with zero attached hydrogens (tertiary/aromatic N) is 4. The van der Waals surface area contributed by atoms with Crippen molar-refractivity contribution < 1.29 is 19.0 Å². The Balaban J connectivity index is 1.56. The molecule has 0 unspecified atom stereocenters. The van der Waals surface area contributed by atoms with Crippen molar-refractivity contribution in [3.63, 3.8) is 0 Å². The van der Waals surface area contributed by atoms with E-state index in [0.717, 1.165) is 18.4 Å². The zero-order chi connectivity index (χ0) is 20.6. The van der Waals surface area contributed by atoms with Crippen LogP contribution in [0.1, 0.15) is 24.1 Å². The van der Waals surface area contributed by atoms with Crippen molar-refractivity contribution >= 4 is 6.03 Å². The Kier molecular flexibility index (Phi) is 6.68. The molecular formula is C20H23N5O4. The first kappa shape index (κ1) is 20.2. The van der Waals surface area contributed by atoms with Crippen LogP contribution >= 0.6 is 0 Å². The molecule has 1 atom stereocenters. The SMILES string of the molecule is COc1ccc(CNC(=O)N2CCC[C@H](Oc3nccnc3C#N)C2)cc1OC. The van der Waals surface area contributed by atoms with Gasteiger partial charge in [-0.25, -0.2) is 14.8 Å². The topological polar surface area (TPSA) is 110 Å². The summed E-state index contributed by atoms with van der Waals surface area (Å²) in [4.78, 5) is 22.3. The highest BCUT2D eigenvalue weighted by Gasteiger charge is 2.26. The van der Waals surface area contributed by atoms with Gasteiger partial charge in [0.25, 0.3) is 5.88 Å². The number of benzene rings is 1. The van der Waals surface area contributed by atoms with Gasteiger partial charge in [0.15, 0.2) is 11.5 Å². The van der Waals surface area contributed by atoms with Gasteiger partial charge in [0.2, 0.25) is 5.69 Å². The van der Waals surface area contributed by atoms with E-state index < -0.39 is 0 Å². The Hall–Kier alpha value is -3.54. The fraction of sp³-hybridized carbons (Fsp3) is 0.400. The normalized spacial score (nSPS) is 15.9. The van der Waals surface area contributed by atoms with Crippen molar-refractivity contribution in [2.75, 3.05) is 27.3 Å². The Morgan fingerprint density at radius 2 is 2.07 bits per heavy atom. The van der Waals surface area contributed by atoms with Gasteiger partial charge in [-0.05, 0) is 30.5 Å². The number of nitrogens with one attached hydrogen (secondary N) is 1. The first-order valence-corrected chi connectivity index (χ1v) is 9.26. The van der Waals surface area contributed by atoms with Crippen LogP contribution in [0.15, 0.2) is 30.6 Å². The molecule has 0 bridgehead atoms. The van der Waals surface area contributed by atoms with Crippen LogP contribution in [0.25, 0.3) is 0 Å². The van der Waals surface area contributed by atoms with Gasteiger partial charge in [0.05, 0.1) is 20.8 Å². The quantitative estimate of drug-likeness (QED) is 0.795. The van der Waals surface area contributed by atoms with E-state index in [9.17, 15) is 4.79 Å². The summed E-state index contributed by atoms with van der Waals surface area (Å²) in [7, 11) is 3.15. The summed E-state index contributed by atoms with van der Waals surface area (Å²) in [5.41, 5.74) is 1.04. The van der Waals surface area contributed by atoms with Crippen LogP contribution in [0.5, 0.6) is 17.4 Å². The molecule has 9 nitrogen and oxygen atoms in total. The minimum atomic E-state index is -0.237. The number of carbonyl (C=O) groups excluding carboxylic acids is 1. The maximum Gasteiger partial charge on any atom is 0.317 e. The monoisotopic (exact) mass is 397 g/mol. The Bertz CT molecular complexity index is 899. The van der Waals surface area contributed by atoms with Crippen LogP contribution in [0.2, 0.25) is 0 Å². The van der Waals surface area contributed by atoms with E-state index in [0.29, 0.717) is 31.1 Å². The highest BCUT2D eigenvalue weighted by molar-refractivity contribution is 5.74. The minimum absolute atomic E-state index is 0.141. The molecule has 3 rings (SSSR count). The molecule has 2 amide bonds. The fourth-order valence-electron chi connectivity index (χ4n) is 3.14. The van der Waals surface area contributed by atoms with E-state index in [1.165, 1.54) is 12.4 Å². The third kappa shape index (κ3) is 5.04. The molecule has 1 aliphatic rings. The lowest BCUT2D eigenvalue weighted by Gasteiger charge is -2.32. The molecule has 0 spiro atoms. The van der Waals surface area contributed by atoms with E-state index in [1.807, 2.05) is 18.2 Å². The number of hydrogen-bond donors (Lipinski definition) is 1. The molecule has 9 heteroatoms. The van der Waals surface area contributed by atoms with Gasteiger partial charge in [-0.1, -0.05) is 6.07 Å². The summed E-state index contributed by atoms with van der Waals surface area (Å²) in [5.74, 6) is 1.45. The number of likely N-dealkylation sites (tertiary alicyclic amines) is 1. The maximum absolute atomic E-state index is 12.6. The summed E-state index contributed by atoms with van der Waals surface area (Å²) < 4.78 is 16.3. The average Bonchev–Trinajstić information content (AvgIpc) is 2.77. The summed E-state index contributed by atoms with van der Waals surface area (Å²) in [6, 6.07) is 7.30. The van der Waals surface area contributed by atoms with E-state index in [-0.39, 0.29) is 23.7 Å². The molecule has 1 aromatic heterocycles. The van der Waals surface area contributed by atoms with Crippen molar-refractivity contribution in [2.45, 2.75) is 25.5 Å². The predicted octanol–water partition coefficient (Wildman–Crippen LogP) is 2.12. The van der Waals surface area contributed by atoms with Crippen LogP contribution in [-0.2, 0) is 6.54 Å². The zero-order valence-corrected chi connectivity index (χ0v) is 16.4. The molecule has 1 saturated heterocycles. The second kappa shape index (κ2) is 9.59. The number of piperidine rings is 1. The number of aromatic nitrogens is 2. The van der Waals surface area contributed by atoms with Crippen molar-refractivity contribution in [2.24, 2.45) is 0 Å². The van der Waals surface area contributed by atoms with Crippen LogP contribution < -0.4 is 19.5 Å². The number of hydrogen-bond acceptors (Lipinski definition) is 7. The lowest BCUT2D eigenvalue weighted by molar-refractivity contribution is 0.0971. The minimum Gasteiger partial charge on any atom is -0.493 e. The number of amides is 2. The van der Waals surface area contributed by atoms with Crippen molar-refractivity contribution in [3.8, 4) is 23.4 Å². The molecule has 1 aliphatic heterocycles. The largest absolute Gasteiger partial charge is 0.493 e. The smallest absolute Gasteiger partial charge is 0.317 e. The third-order valence-electron chi connectivity index (χ3n) is 4.61. The van der Waals surface area contributed by atoms with Crippen LogP contribution in [0, 0.1) is 11.3 Å². The van der Waals surface area contributed by atoms with E-state index in [2.05, 4.69) is 15.3 Å². The van der Waals surface area contributed by atoms with Gasteiger partial charge in [0.1, 0.15) is 12.2 Å². The van der Waals surface area contributed by atoms with Crippen molar-refractivity contribution in [3.05, 3.63) is 41.9 Å². The van der Waals surface area contributed by atoms with Crippen molar-refractivity contribution in [1.82, 2.24) is 20.2 Å². The molecule has 0 radical (unpaired) electrons. The number of urea groups is 1. The van der Waals surface area contributed by atoms with Gasteiger partial charge < -0.3 is 24.4 Å². The summed E-state index contributed by atoms with van der Waals surface area (Å²) in [6.45, 7) is 1.42. The summed E-state index contributed by atoms with van der Waals surface area (Å²) >= 11 is 0. The van der Waals surface area contributed by atoms with Gasteiger partial charge in [-0.3, -0.25) is 0 Å². The van der Waals surface area contributed by atoms with Gasteiger partial charge in [-0.15, -0.1) is 0 Å². The zero-order valence-electron chi connectivity index (χ0n) is 16.4. The predicted molar refractivity (Wildman–Crippen MR) is 104 cm³/mol. The van der Waals surface area contributed by atoms with Crippen molar-refractivity contribution in [1.29, 1.82) is 5.26 Å². The second-order valence-corrected chi connectivity index (χ2v) is 6.50. The maximum atomic E-state index is 12.6. The lowest BCUT2D eigenvalue weighted by Crippen LogP contribution is -2.48.